The number of carbonyl (C=O) groups is 2. The fourth-order valence-corrected chi connectivity index (χ4v) is 4.42. The third-order valence-electron chi connectivity index (χ3n) is 5.15. The van der Waals surface area contributed by atoms with E-state index >= 15 is 0 Å². The lowest BCUT2D eigenvalue weighted by molar-refractivity contribution is -0.135. The third-order valence-corrected chi connectivity index (χ3v) is 6.20. The number of hydrogen-bond donors (Lipinski definition) is 1. The number of nitrogens with one attached hydrogen (secondary N) is 1. The summed E-state index contributed by atoms with van der Waals surface area (Å²) in [7, 11) is 1.61. The Morgan fingerprint density at radius 2 is 1.84 bits per heavy atom. The number of carbonyl (C=O) groups excluding carboxylic acids is 2. The number of methoxy groups -OCH3 is 1. The minimum Gasteiger partial charge on any atom is -0.497 e. The van der Waals surface area contributed by atoms with E-state index < -0.39 is 0 Å². The average Bonchev–Trinajstić information content (AvgIpc) is 3.16. The molecule has 0 bridgehead atoms. The summed E-state index contributed by atoms with van der Waals surface area (Å²) in [6, 6.07) is 15.2. The van der Waals surface area contributed by atoms with Crippen LogP contribution in [-0.4, -0.2) is 60.4 Å². The van der Waals surface area contributed by atoms with E-state index in [4.69, 9.17) is 9.47 Å². The monoisotopic (exact) mass is 439 g/mol. The van der Waals surface area contributed by atoms with Crippen molar-refractivity contribution in [2.24, 2.45) is 0 Å². The van der Waals surface area contributed by atoms with Crippen LogP contribution >= 0.6 is 11.8 Å². The van der Waals surface area contributed by atoms with Crippen molar-refractivity contribution < 1.29 is 19.1 Å². The molecule has 1 saturated heterocycles. The van der Waals surface area contributed by atoms with Gasteiger partial charge in [0.15, 0.2) is 0 Å². The van der Waals surface area contributed by atoms with Gasteiger partial charge < -0.3 is 24.3 Å². The number of hydrogen-bond acceptors (Lipinski definition) is 5. The van der Waals surface area contributed by atoms with E-state index in [-0.39, 0.29) is 24.1 Å². The van der Waals surface area contributed by atoms with Gasteiger partial charge in [0.05, 0.1) is 26.1 Å². The molecule has 1 aromatic heterocycles. The Morgan fingerprint density at radius 1 is 1.10 bits per heavy atom. The molecule has 2 amide bonds. The lowest BCUT2D eigenvalue weighted by Crippen LogP contribution is -2.42. The van der Waals surface area contributed by atoms with E-state index in [1.165, 1.54) is 11.8 Å². The SMILES string of the molecule is COc1ccc(NC(=O)CSc2cn(CC(=O)N3CCOCC3)c3ccccc23)cc1. The van der Waals surface area contributed by atoms with Crippen molar-refractivity contribution >= 4 is 40.2 Å². The van der Waals surface area contributed by atoms with Gasteiger partial charge in [-0.05, 0) is 30.3 Å². The molecule has 0 atom stereocenters. The maximum atomic E-state index is 12.7. The first-order chi connectivity index (χ1) is 15.1. The van der Waals surface area contributed by atoms with Crippen LogP contribution in [0.4, 0.5) is 5.69 Å². The zero-order valence-corrected chi connectivity index (χ0v) is 18.2. The van der Waals surface area contributed by atoms with Crippen LogP contribution in [0.3, 0.4) is 0 Å². The van der Waals surface area contributed by atoms with Crippen LogP contribution in [0.5, 0.6) is 5.75 Å². The Bertz CT molecular complexity index is 1060. The molecule has 31 heavy (non-hydrogen) atoms. The Morgan fingerprint density at radius 3 is 2.58 bits per heavy atom. The molecule has 8 heteroatoms. The number of anilines is 1. The van der Waals surface area contributed by atoms with Gasteiger partial charge in [0.1, 0.15) is 12.3 Å². The second-order valence-electron chi connectivity index (χ2n) is 7.20. The Hall–Kier alpha value is -2.97. The standard InChI is InChI=1S/C23H25N3O4S/c1-29-18-8-6-17(7-9-18)24-22(27)16-31-21-14-26(20-5-3-2-4-19(20)21)15-23(28)25-10-12-30-13-11-25/h2-9,14H,10-13,15-16H2,1H3,(H,24,27). The van der Waals surface area contributed by atoms with E-state index in [0.29, 0.717) is 26.3 Å². The topological polar surface area (TPSA) is 72.8 Å². The predicted molar refractivity (Wildman–Crippen MR) is 122 cm³/mol. The highest BCUT2D eigenvalue weighted by molar-refractivity contribution is 8.00. The second-order valence-corrected chi connectivity index (χ2v) is 8.21. The zero-order valence-electron chi connectivity index (χ0n) is 17.4. The Balaban J connectivity index is 1.42. The summed E-state index contributed by atoms with van der Waals surface area (Å²) < 4.78 is 12.4. The van der Waals surface area contributed by atoms with Crippen molar-refractivity contribution in [1.29, 1.82) is 0 Å². The molecule has 0 aliphatic carbocycles. The first-order valence-electron chi connectivity index (χ1n) is 10.1. The van der Waals surface area contributed by atoms with Gasteiger partial charge in [0.2, 0.25) is 11.8 Å². The number of ether oxygens (including phenoxy) is 2. The number of thioether (sulfide) groups is 1. The molecule has 0 unspecified atom stereocenters. The van der Waals surface area contributed by atoms with E-state index in [2.05, 4.69) is 5.32 Å². The lowest BCUT2D eigenvalue weighted by Gasteiger charge is -2.27. The maximum Gasteiger partial charge on any atom is 0.242 e. The highest BCUT2D eigenvalue weighted by Crippen LogP contribution is 2.30. The fourth-order valence-electron chi connectivity index (χ4n) is 3.53. The van der Waals surface area contributed by atoms with Gasteiger partial charge in [0, 0.05) is 40.8 Å². The number of para-hydroxylation sites is 1. The molecule has 2 aromatic carbocycles. The number of benzene rings is 2. The second kappa shape index (κ2) is 9.89. The third kappa shape index (κ3) is 5.21. The number of morpholine rings is 1. The molecule has 4 rings (SSSR count). The van der Waals surface area contributed by atoms with Crippen molar-refractivity contribution in [2.75, 3.05) is 44.5 Å². The molecular weight excluding hydrogens is 414 g/mol. The molecular formula is C23H25N3O4S. The Kier molecular flexibility index (Phi) is 6.79. The molecule has 162 valence electrons. The first kappa shape index (κ1) is 21.3. The smallest absolute Gasteiger partial charge is 0.242 e. The molecule has 0 radical (unpaired) electrons. The number of nitrogens with zero attached hydrogens (tertiary/aromatic N) is 2. The van der Waals surface area contributed by atoms with E-state index in [9.17, 15) is 9.59 Å². The molecule has 1 aliphatic rings. The highest BCUT2D eigenvalue weighted by atomic mass is 32.2. The van der Waals surface area contributed by atoms with Crippen molar-refractivity contribution in [3.63, 3.8) is 0 Å². The van der Waals surface area contributed by atoms with Gasteiger partial charge in [-0.25, -0.2) is 0 Å². The van der Waals surface area contributed by atoms with Gasteiger partial charge in [-0.15, -0.1) is 11.8 Å². The minimum atomic E-state index is -0.0867. The molecule has 7 nitrogen and oxygen atoms in total. The van der Waals surface area contributed by atoms with Gasteiger partial charge in [-0.3, -0.25) is 9.59 Å². The maximum absolute atomic E-state index is 12.7. The largest absolute Gasteiger partial charge is 0.497 e. The number of aromatic nitrogens is 1. The van der Waals surface area contributed by atoms with Crippen LogP contribution in [-0.2, 0) is 20.9 Å². The normalized spacial score (nSPS) is 13.9. The van der Waals surface area contributed by atoms with Crippen molar-refractivity contribution in [2.45, 2.75) is 11.4 Å². The summed E-state index contributed by atoms with van der Waals surface area (Å²) in [6.07, 6.45) is 1.97. The van der Waals surface area contributed by atoms with Crippen molar-refractivity contribution in [3.8, 4) is 5.75 Å². The molecule has 0 saturated carbocycles. The van der Waals surface area contributed by atoms with Crippen LogP contribution in [0, 0.1) is 0 Å². The van der Waals surface area contributed by atoms with Crippen molar-refractivity contribution in [1.82, 2.24) is 9.47 Å². The van der Waals surface area contributed by atoms with Crippen LogP contribution in [0.25, 0.3) is 10.9 Å². The van der Waals surface area contributed by atoms with Crippen LogP contribution < -0.4 is 10.1 Å². The van der Waals surface area contributed by atoms with Gasteiger partial charge in [-0.2, -0.15) is 0 Å². The fraction of sp³-hybridized carbons (Fsp3) is 0.304. The summed E-state index contributed by atoms with van der Waals surface area (Å²) in [4.78, 5) is 28.0. The molecule has 1 aliphatic heterocycles. The predicted octanol–water partition coefficient (Wildman–Crippen LogP) is 3.24. The lowest BCUT2D eigenvalue weighted by atomic mass is 10.2. The van der Waals surface area contributed by atoms with Crippen LogP contribution in [0.15, 0.2) is 59.6 Å². The molecule has 1 N–H and O–H groups in total. The summed E-state index contributed by atoms with van der Waals surface area (Å²) in [5, 5.41) is 3.94. The van der Waals surface area contributed by atoms with Crippen LogP contribution in [0.2, 0.25) is 0 Å². The number of amides is 2. The molecule has 1 fully saturated rings. The van der Waals surface area contributed by atoms with Gasteiger partial charge in [-0.1, -0.05) is 18.2 Å². The molecule has 3 aromatic rings. The van der Waals surface area contributed by atoms with E-state index in [1.54, 1.807) is 7.11 Å². The first-order valence-corrected chi connectivity index (χ1v) is 11.1. The molecule has 0 spiro atoms. The van der Waals surface area contributed by atoms with Crippen molar-refractivity contribution in [3.05, 3.63) is 54.7 Å². The summed E-state index contributed by atoms with van der Waals surface area (Å²) in [5.41, 5.74) is 1.71. The molecule has 2 heterocycles. The summed E-state index contributed by atoms with van der Waals surface area (Å²) >= 11 is 1.47. The van der Waals surface area contributed by atoms with Crippen LogP contribution in [0.1, 0.15) is 0 Å². The summed E-state index contributed by atoms with van der Waals surface area (Å²) in [5.74, 6) is 1.01. The summed E-state index contributed by atoms with van der Waals surface area (Å²) in [6.45, 7) is 2.71. The average molecular weight is 440 g/mol. The minimum absolute atomic E-state index is 0.0813. The highest BCUT2D eigenvalue weighted by Gasteiger charge is 2.19. The number of fused-ring (bicyclic) bond motifs is 1. The van der Waals surface area contributed by atoms with E-state index in [0.717, 1.165) is 27.2 Å². The zero-order chi connectivity index (χ0) is 21.6. The van der Waals surface area contributed by atoms with E-state index in [1.807, 2.05) is 64.2 Å². The van der Waals surface area contributed by atoms with Gasteiger partial charge in [0.25, 0.3) is 0 Å². The van der Waals surface area contributed by atoms with Gasteiger partial charge >= 0.3 is 0 Å². The number of rotatable bonds is 7. The Labute approximate surface area is 185 Å². The quantitative estimate of drug-likeness (QED) is 0.572.